The quantitative estimate of drug-likeness (QED) is 0.745. The first-order chi connectivity index (χ1) is 11.9. The molecule has 8 nitrogen and oxygen atoms in total. The number of amides is 3. The number of carbonyl (C=O) groups excluding carboxylic acids is 2. The van der Waals surface area contributed by atoms with Gasteiger partial charge in [0.2, 0.25) is 15.9 Å². The van der Waals surface area contributed by atoms with Gasteiger partial charge < -0.3 is 5.32 Å². The van der Waals surface area contributed by atoms with Crippen LogP contribution in [-0.2, 0) is 14.8 Å². The van der Waals surface area contributed by atoms with Crippen LogP contribution in [-0.4, -0.2) is 85.5 Å². The first-order valence-electron chi connectivity index (χ1n) is 9.15. The molecule has 0 aromatic rings. The van der Waals surface area contributed by atoms with Crippen molar-refractivity contribution in [2.45, 2.75) is 50.6 Å². The zero-order valence-electron chi connectivity index (χ0n) is 14.8. The number of nitrogens with zero attached hydrogens (tertiary/aromatic N) is 3. The second kappa shape index (κ2) is 7.59. The van der Waals surface area contributed by atoms with E-state index in [1.807, 2.05) is 0 Å². The molecule has 3 aliphatic rings. The number of hydrogen-bond acceptors (Lipinski definition) is 5. The van der Waals surface area contributed by atoms with E-state index >= 15 is 0 Å². The second-order valence-corrected chi connectivity index (χ2v) is 9.20. The predicted molar refractivity (Wildman–Crippen MR) is 93.5 cm³/mol. The molecule has 3 amide bonds. The summed E-state index contributed by atoms with van der Waals surface area (Å²) in [6.45, 7) is 2.61. The monoisotopic (exact) mass is 372 g/mol. The molecule has 0 bridgehead atoms. The Labute approximate surface area is 149 Å². The summed E-state index contributed by atoms with van der Waals surface area (Å²) in [7, 11) is -3.22. The van der Waals surface area contributed by atoms with Crippen molar-refractivity contribution in [1.82, 2.24) is 19.4 Å². The molecule has 0 aromatic carbocycles. The lowest BCUT2D eigenvalue weighted by molar-refractivity contribution is -0.128. The molecule has 1 aliphatic carbocycles. The molecule has 2 saturated heterocycles. The molecule has 0 aromatic heterocycles. The second-order valence-electron chi connectivity index (χ2n) is 7.32. The number of likely N-dealkylation sites (tertiary alicyclic amines) is 1. The molecule has 1 unspecified atom stereocenters. The summed E-state index contributed by atoms with van der Waals surface area (Å²) < 4.78 is 26.2. The normalized spacial score (nSPS) is 26.4. The van der Waals surface area contributed by atoms with Crippen LogP contribution >= 0.6 is 0 Å². The third kappa shape index (κ3) is 4.32. The Morgan fingerprint density at radius 1 is 1.12 bits per heavy atom. The van der Waals surface area contributed by atoms with Crippen LogP contribution in [0.4, 0.5) is 4.79 Å². The van der Waals surface area contributed by atoms with Crippen LogP contribution in [0.15, 0.2) is 0 Å². The Balaban J connectivity index is 1.58. The average molecular weight is 372 g/mol. The molecule has 1 atom stereocenters. The van der Waals surface area contributed by atoms with Crippen LogP contribution < -0.4 is 5.32 Å². The largest absolute Gasteiger partial charge is 0.336 e. The van der Waals surface area contributed by atoms with Crippen LogP contribution in [0.5, 0.6) is 0 Å². The maximum absolute atomic E-state index is 12.3. The molecular weight excluding hydrogens is 344 g/mol. The van der Waals surface area contributed by atoms with Gasteiger partial charge in [-0.1, -0.05) is 6.42 Å². The van der Waals surface area contributed by atoms with Crippen molar-refractivity contribution in [2.75, 3.05) is 39.0 Å². The molecular formula is C16H28N4O4S. The van der Waals surface area contributed by atoms with E-state index in [-0.39, 0.29) is 30.6 Å². The summed E-state index contributed by atoms with van der Waals surface area (Å²) in [6.07, 6.45) is 6.75. The molecule has 2 heterocycles. The first kappa shape index (κ1) is 18.6. The van der Waals surface area contributed by atoms with Gasteiger partial charge in [0.25, 0.3) is 0 Å². The highest BCUT2D eigenvalue weighted by Gasteiger charge is 2.37. The van der Waals surface area contributed by atoms with Crippen molar-refractivity contribution in [3.63, 3.8) is 0 Å². The van der Waals surface area contributed by atoms with E-state index < -0.39 is 10.0 Å². The highest BCUT2D eigenvalue weighted by Crippen LogP contribution is 2.31. The van der Waals surface area contributed by atoms with Gasteiger partial charge in [-0.15, -0.1) is 0 Å². The van der Waals surface area contributed by atoms with Crippen molar-refractivity contribution in [1.29, 1.82) is 0 Å². The number of carbonyl (C=O) groups is 2. The predicted octanol–water partition coefficient (Wildman–Crippen LogP) is 0.207. The molecule has 9 heteroatoms. The first-order valence-corrected chi connectivity index (χ1v) is 11.0. The van der Waals surface area contributed by atoms with Crippen molar-refractivity contribution >= 4 is 22.0 Å². The molecule has 1 N–H and O–H groups in total. The Morgan fingerprint density at radius 3 is 2.36 bits per heavy atom. The van der Waals surface area contributed by atoms with Crippen molar-refractivity contribution in [3.05, 3.63) is 0 Å². The van der Waals surface area contributed by atoms with Gasteiger partial charge in [-0.05, 0) is 38.6 Å². The SMILES string of the molecule is CS(=O)(=O)N(C1CCC1)C1CCCN(CC(=O)N2CCNC2=O)CC1. The maximum atomic E-state index is 12.3. The molecule has 3 rings (SSSR count). The number of urea groups is 1. The third-order valence-corrected chi connectivity index (χ3v) is 6.85. The van der Waals surface area contributed by atoms with Crippen molar-refractivity contribution in [3.8, 4) is 0 Å². The fourth-order valence-electron chi connectivity index (χ4n) is 4.02. The minimum Gasteiger partial charge on any atom is -0.336 e. The molecule has 0 spiro atoms. The Kier molecular flexibility index (Phi) is 5.65. The van der Waals surface area contributed by atoms with Crippen LogP contribution in [0.1, 0.15) is 38.5 Å². The summed E-state index contributed by atoms with van der Waals surface area (Å²) in [6, 6.07) is -0.136. The zero-order valence-corrected chi connectivity index (χ0v) is 15.6. The summed E-state index contributed by atoms with van der Waals surface area (Å²) in [5.41, 5.74) is 0. The van der Waals surface area contributed by atoms with Crippen LogP contribution in [0.3, 0.4) is 0 Å². The molecule has 1 saturated carbocycles. The fourth-order valence-corrected chi connectivity index (χ4v) is 5.52. The minimum absolute atomic E-state index is 0.0236. The summed E-state index contributed by atoms with van der Waals surface area (Å²) in [4.78, 5) is 27.2. The van der Waals surface area contributed by atoms with Crippen LogP contribution in [0.2, 0.25) is 0 Å². The van der Waals surface area contributed by atoms with E-state index in [1.165, 1.54) is 11.2 Å². The standard InChI is InChI=1S/C16H28N4O4S/c1-25(23,24)20(13-4-2-5-13)14-6-3-9-18(10-7-14)12-15(21)19-11-8-17-16(19)22/h13-14H,2-12H2,1H3,(H,17,22). The van der Waals surface area contributed by atoms with Crippen molar-refractivity contribution in [2.24, 2.45) is 0 Å². The number of nitrogens with one attached hydrogen (secondary N) is 1. The van der Waals surface area contributed by atoms with E-state index in [1.54, 1.807) is 4.31 Å². The Bertz CT molecular complexity index is 620. The van der Waals surface area contributed by atoms with Crippen LogP contribution in [0, 0.1) is 0 Å². The Hall–Kier alpha value is -1.19. The average Bonchev–Trinajstić information content (AvgIpc) is 2.78. The van der Waals surface area contributed by atoms with Gasteiger partial charge in [0.1, 0.15) is 0 Å². The minimum atomic E-state index is -3.22. The number of rotatable bonds is 5. The summed E-state index contributed by atoms with van der Waals surface area (Å²) in [5.74, 6) is -0.174. The van der Waals surface area contributed by atoms with Gasteiger partial charge in [0.05, 0.1) is 12.8 Å². The third-order valence-electron chi connectivity index (χ3n) is 5.48. The van der Waals surface area contributed by atoms with Gasteiger partial charge in [-0.2, -0.15) is 4.31 Å². The number of sulfonamides is 1. The van der Waals surface area contributed by atoms with Gasteiger partial charge in [-0.25, -0.2) is 13.2 Å². The lowest BCUT2D eigenvalue weighted by Crippen LogP contribution is -2.50. The Morgan fingerprint density at radius 2 is 1.80 bits per heavy atom. The maximum Gasteiger partial charge on any atom is 0.324 e. The zero-order chi connectivity index (χ0) is 18.0. The highest BCUT2D eigenvalue weighted by molar-refractivity contribution is 7.88. The molecule has 3 fully saturated rings. The number of imide groups is 1. The van der Waals surface area contributed by atoms with E-state index in [4.69, 9.17) is 0 Å². The molecule has 2 aliphatic heterocycles. The molecule has 0 radical (unpaired) electrons. The van der Waals surface area contributed by atoms with Gasteiger partial charge in [0, 0.05) is 31.7 Å². The summed E-state index contributed by atoms with van der Waals surface area (Å²) >= 11 is 0. The lowest BCUT2D eigenvalue weighted by atomic mass is 9.91. The summed E-state index contributed by atoms with van der Waals surface area (Å²) in [5, 5.41) is 2.64. The lowest BCUT2D eigenvalue weighted by Gasteiger charge is -2.40. The molecule has 142 valence electrons. The topological polar surface area (TPSA) is 90.0 Å². The van der Waals surface area contributed by atoms with E-state index in [9.17, 15) is 18.0 Å². The van der Waals surface area contributed by atoms with E-state index in [2.05, 4.69) is 10.2 Å². The van der Waals surface area contributed by atoms with E-state index in [0.29, 0.717) is 19.6 Å². The van der Waals surface area contributed by atoms with Crippen molar-refractivity contribution < 1.29 is 18.0 Å². The van der Waals surface area contributed by atoms with E-state index in [0.717, 1.165) is 45.1 Å². The van der Waals surface area contributed by atoms with Gasteiger partial charge in [-0.3, -0.25) is 14.6 Å². The van der Waals surface area contributed by atoms with Gasteiger partial charge >= 0.3 is 6.03 Å². The van der Waals surface area contributed by atoms with Crippen LogP contribution in [0.25, 0.3) is 0 Å². The fraction of sp³-hybridized carbons (Fsp3) is 0.875. The smallest absolute Gasteiger partial charge is 0.324 e. The number of hydrogen-bond donors (Lipinski definition) is 1. The molecule has 25 heavy (non-hydrogen) atoms. The van der Waals surface area contributed by atoms with Gasteiger partial charge in [0.15, 0.2) is 0 Å². The highest BCUT2D eigenvalue weighted by atomic mass is 32.2.